The smallest absolute Gasteiger partial charge is 0.415 e. The molecule has 0 aromatic carbocycles. The molecule has 1 aromatic heterocycles. The van der Waals surface area contributed by atoms with E-state index in [1.54, 1.807) is 4.90 Å². The van der Waals surface area contributed by atoms with Gasteiger partial charge in [-0.05, 0) is 34.1 Å². The number of pyridine rings is 1. The average molecular weight is 383 g/mol. The third-order valence-electron chi connectivity index (χ3n) is 4.33. The van der Waals surface area contributed by atoms with Gasteiger partial charge in [0.15, 0.2) is 5.75 Å². The number of aliphatic hydroxyl groups is 1. The zero-order valence-corrected chi connectivity index (χ0v) is 17.6. The number of nitrogens with zero attached hydrogens (tertiary/aromatic N) is 2. The fraction of sp³-hybridized carbons (Fsp3) is 0.700. The fourth-order valence-corrected chi connectivity index (χ4v) is 3.04. The Morgan fingerprint density at radius 2 is 1.74 bits per heavy atom. The van der Waals surface area contributed by atoms with Crippen LogP contribution in [0, 0.1) is 0 Å². The minimum Gasteiger partial charge on any atom is -0.489 e. The number of aliphatic hydroxyl groups excluding tert-OH is 1. The Morgan fingerprint density at radius 3 is 2.22 bits per heavy atom. The minimum absolute atomic E-state index is 0.0369. The second kappa shape index (κ2) is 11.0. The molecule has 0 saturated heterocycles. The summed E-state index contributed by atoms with van der Waals surface area (Å²) in [6.07, 6.45) is 3.65. The molecule has 0 aliphatic heterocycles. The van der Waals surface area contributed by atoms with Gasteiger partial charge in [0, 0.05) is 23.8 Å². The van der Waals surface area contributed by atoms with Gasteiger partial charge in [-0.25, -0.2) is 9.78 Å². The number of hydrogen-bond acceptors (Lipinski definition) is 6. The van der Waals surface area contributed by atoms with Gasteiger partial charge < -0.3 is 24.2 Å². The van der Waals surface area contributed by atoms with E-state index in [1.807, 2.05) is 27.7 Å². The van der Waals surface area contributed by atoms with Crippen molar-refractivity contribution in [3.63, 3.8) is 0 Å². The van der Waals surface area contributed by atoms with Crippen LogP contribution >= 0.6 is 0 Å². The van der Waals surface area contributed by atoms with E-state index < -0.39 is 12.2 Å². The van der Waals surface area contributed by atoms with E-state index in [1.165, 1.54) is 20.4 Å². The van der Waals surface area contributed by atoms with Crippen LogP contribution < -0.4 is 14.2 Å². The van der Waals surface area contributed by atoms with E-state index in [4.69, 9.17) is 14.2 Å². The molecule has 7 heteroatoms. The van der Waals surface area contributed by atoms with Crippen molar-refractivity contribution in [2.45, 2.75) is 78.5 Å². The fourth-order valence-electron chi connectivity index (χ4n) is 3.04. The van der Waals surface area contributed by atoms with Crippen LogP contribution in [0.25, 0.3) is 0 Å². The third kappa shape index (κ3) is 5.99. The summed E-state index contributed by atoms with van der Waals surface area (Å²) < 4.78 is 16.3. The van der Waals surface area contributed by atoms with Gasteiger partial charge >= 0.3 is 6.09 Å². The molecule has 154 valence electrons. The highest BCUT2D eigenvalue weighted by molar-refractivity contribution is 5.73. The van der Waals surface area contributed by atoms with Crippen molar-refractivity contribution in [2.24, 2.45) is 0 Å². The van der Waals surface area contributed by atoms with E-state index in [-0.39, 0.29) is 29.5 Å². The lowest BCUT2D eigenvalue weighted by molar-refractivity contribution is 0.117. The highest BCUT2D eigenvalue weighted by atomic mass is 16.6. The van der Waals surface area contributed by atoms with Crippen LogP contribution in [0.5, 0.6) is 17.4 Å². The summed E-state index contributed by atoms with van der Waals surface area (Å²) in [5.74, 6) is 0.556. The SMILES string of the molecule is CCCCCC(O)c1cnc(OC)c(OC)c1OC(=O)N(C(C)C)C(C)C. The summed E-state index contributed by atoms with van der Waals surface area (Å²) in [6, 6.07) is -0.0738. The molecule has 1 unspecified atom stereocenters. The van der Waals surface area contributed by atoms with E-state index in [0.717, 1.165) is 19.3 Å². The summed E-state index contributed by atoms with van der Waals surface area (Å²) in [5.41, 5.74) is 0.421. The first-order chi connectivity index (χ1) is 12.8. The summed E-state index contributed by atoms with van der Waals surface area (Å²) in [7, 11) is 2.91. The van der Waals surface area contributed by atoms with Crippen LogP contribution in [0.4, 0.5) is 4.79 Å². The molecule has 1 atom stereocenters. The Kier molecular flexibility index (Phi) is 9.35. The largest absolute Gasteiger partial charge is 0.489 e. The number of rotatable bonds is 10. The van der Waals surface area contributed by atoms with Crippen LogP contribution in [-0.2, 0) is 0 Å². The van der Waals surface area contributed by atoms with Gasteiger partial charge in [0.1, 0.15) is 0 Å². The van der Waals surface area contributed by atoms with Crippen LogP contribution in [0.1, 0.15) is 72.0 Å². The first-order valence-electron chi connectivity index (χ1n) is 9.57. The molecule has 1 aromatic rings. The quantitative estimate of drug-likeness (QED) is 0.607. The van der Waals surface area contributed by atoms with Crippen molar-refractivity contribution in [2.75, 3.05) is 14.2 Å². The molecule has 1 rings (SSSR count). The monoisotopic (exact) mass is 382 g/mol. The number of amides is 1. The lowest BCUT2D eigenvalue weighted by Gasteiger charge is -2.30. The molecule has 7 nitrogen and oxygen atoms in total. The Hall–Kier alpha value is -2.02. The Morgan fingerprint density at radius 1 is 1.11 bits per heavy atom. The normalized spacial score (nSPS) is 12.2. The molecule has 0 radical (unpaired) electrons. The minimum atomic E-state index is -0.807. The van der Waals surface area contributed by atoms with Crippen molar-refractivity contribution in [3.8, 4) is 17.4 Å². The topological polar surface area (TPSA) is 81.1 Å². The van der Waals surface area contributed by atoms with E-state index in [0.29, 0.717) is 12.0 Å². The molecule has 0 bridgehead atoms. The van der Waals surface area contributed by atoms with Crippen molar-refractivity contribution >= 4 is 6.09 Å². The highest BCUT2D eigenvalue weighted by Crippen LogP contribution is 2.42. The van der Waals surface area contributed by atoms with Gasteiger partial charge in [0.2, 0.25) is 5.75 Å². The summed E-state index contributed by atoms with van der Waals surface area (Å²) in [6.45, 7) is 9.79. The lowest BCUT2D eigenvalue weighted by atomic mass is 10.0. The van der Waals surface area contributed by atoms with Crippen LogP contribution in [0.15, 0.2) is 6.20 Å². The predicted octanol–water partition coefficient (Wildman–Crippen LogP) is 4.33. The average Bonchev–Trinajstić information content (AvgIpc) is 2.60. The van der Waals surface area contributed by atoms with Crippen LogP contribution in [0.3, 0.4) is 0 Å². The van der Waals surface area contributed by atoms with Gasteiger partial charge in [-0.2, -0.15) is 0 Å². The molecule has 27 heavy (non-hydrogen) atoms. The molecule has 0 aliphatic rings. The Balaban J connectivity index is 3.28. The third-order valence-corrected chi connectivity index (χ3v) is 4.33. The van der Waals surface area contributed by atoms with E-state index >= 15 is 0 Å². The zero-order chi connectivity index (χ0) is 20.6. The molecule has 0 aliphatic carbocycles. The molecule has 0 fully saturated rings. The van der Waals surface area contributed by atoms with Crippen LogP contribution in [0.2, 0.25) is 0 Å². The number of aromatic nitrogens is 1. The predicted molar refractivity (Wildman–Crippen MR) is 105 cm³/mol. The summed E-state index contributed by atoms with van der Waals surface area (Å²) >= 11 is 0. The molecular formula is C20H34N2O5. The number of ether oxygens (including phenoxy) is 3. The molecular weight excluding hydrogens is 348 g/mol. The van der Waals surface area contributed by atoms with Crippen molar-refractivity contribution in [1.29, 1.82) is 0 Å². The maximum atomic E-state index is 12.8. The number of methoxy groups -OCH3 is 2. The number of hydrogen-bond donors (Lipinski definition) is 1. The van der Waals surface area contributed by atoms with Crippen molar-refractivity contribution in [3.05, 3.63) is 11.8 Å². The number of carbonyl (C=O) groups excluding carboxylic acids is 1. The zero-order valence-electron chi connectivity index (χ0n) is 17.6. The van der Waals surface area contributed by atoms with Crippen LogP contribution in [-0.4, -0.2) is 47.4 Å². The Labute approximate surface area is 162 Å². The summed E-state index contributed by atoms with van der Waals surface area (Å²) in [5, 5.41) is 10.6. The van der Waals surface area contributed by atoms with E-state index in [2.05, 4.69) is 11.9 Å². The van der Waals surface area contributed by atoms with Gasteiger partial charge in [-0.1, -0.05) is 26.2 Å². The molecule has 1 heterocycles. The standard InChI is InChI=1S/C20H34N2O5/c1-8-9-10-11-16(23)15-12-21-19(26-7)18(25-6)17(15)27-20(24)22(13(2)3)14(4)5/h12-14,16,23H,8-11H2,1-7H3. The van der Waals surface area contributed by atoms with Gasteiger partial charge in [0.25, 0.3) is 5.88 Å². The number of unbranched alkanes of at least 4 members (excludes halogenated alkanes) is 2. The van der Waals surface area contributed by atoms with Crippen molar-refractivity contribution in [1.82, 2.24) is 9.88 Å². The first kappa shape index (κ1) is 23.0. The number of carbonyl (C=O) groups is 1. The lowest BCUT2D eigenvalue weighted by Crippen LogP contribution is -2.43. The molecule has 0 saturated carbocycles. The van der Waals surface area contributed by atoms with Gasteiger partial charge in [0.05, 0.1) is 20.3 Å². The second-order valence-electron chi connectivity index (χ2n) is 7.06. The van der Waals surface area contributed by atoms with Gasteiger partial charge in [-0.3, -0.25) is 0 Å². The Bertz CT molecular complexity index is 596. The highest BCUT2D eigenvalue weighted by Gasteiger charge is 2.28. The molecule has 1 N–H and O–H groups in total. The maximum Gasteiger partial charge on any atom is 0.415 e. The molecule has 0 spiro atoms. The second-order valence-corrected chi connectivity index (χ2v) is 7.06. The maximum absolute atomic E-state index is 12.8. The van der Waals surface area contributed by atoms with Gasteiger partial charge in [-0.15, -0.1) is 0 Å². The first-order valence-corrected chi connectivity index (χ1v) is 9.57. The van der Waals surface area contributed by atoms with Crippen molar-refractivity contribution < 1.29 is 24.1 Å². The summed E-state index contributed by atoms with van der Waals surface area (Å²) in [4.78, 5) is 18.6. The molecule has 1 amide bonds. The van der Waals surface area contributed by atoms with E-state index in [9.17, 15) is 9.90 Å².